The summed E-state index contributed by atoms with van der Waals surface area (Å²) in [4.78, 5) is 0. The van der Waals surface area contributed by atoms with E-state index in [1.165, 1.54) is 0 Å². The maximum atomic E-state index is 8.47. The fourth-order valence-corrected chi connectivity index (χ4v) is 1.02. The van der Waals surface area contributed by atoms with Gasteiger partial charge in [0.1, 0.15) is 12.4 Å². The highest BCUT2D eigenvalue weighted by Gasteiger charge is 2.06. The van der Waals surface area contributed by atoms with Gasteiger partial charge in [-0.2, -0.15) is 5.26 Å². The molecule has 0 bridgehead atoms. The third kappa shape index (κ3) is 3.30. The molecule has 0 radical (unpaired) electrons. The van der Waals surface area contributed by atoms with Gasteiger partial charge in [-0.05, 0) is 18.6 Å². The molecule has 1 heterocycles. The Morgan fingerprint density at radius 2 is 2.54 bits per heavy atom. The van der Waals surface area contributed by atoms with Crippen molar-refractivity contribution in [3.8, 4) is 6.07 Å². The van der Waals surface area contributed by atoms with Gasteiger partial charge in [-0.1, -0.05) is 6.92 Å². The van der Waals surface area contributed by atoms with Gasteiger partial charge in [0.05, 0.1) is 24.9 Å². The number of hydrogen-bond donors (Lipinski definition) is 0. The minimum absolute atomic E-state index is 0.0232. The van der Waals surface area contributed by atoms with Crippen LogP contribution in [0.3, 0.4) is 0 Å². The molecule has 0 amide bonds. The van der Waals surface area contributed by atoms with Gasteiger partial charge in [-0.15, -0.1) is 0 Å². The summed E-state index contributed by atoms with van der Waals surface area (Å²) in [6, 6.07) is 5.78. The summed E-state index contributed by atoms with van der Waals surface area (Å²) < 4.78 is 10.6. The average molecular weight is 179 g/mol. The van der Waals surface area contributed by atoms with E-state index >= 15 is 0 Å². The summed E-state index contributed by atoms with van der Waals surface area (Å²) in [5.74, 6) is 0.802. The Morgan fingerprint density at radius 3 is 3.08 bits per heavy atom. The van der Waals surface area contributed by atoms with Crippen LogP contribution < -0.4 is 0 Å². The van der Waals surface area contributed by atoms with E-state index in [0.29, 0.717) is 13.0 Å². The Kier molecular flexibility index (Phi) is 4.07. The van der Waals surface area contributed by atoms with Crippen LogP contribution in [0.15, 0.2) is 22.8 Å². The van der Waals surface area contributed by atoms with E-state index in [1.807, 2.05) is 19.1 Å². The fourth-order valence-electron chi connectivity index (χ4n) is 1.02. The first-order chi connectivity index (χ1) is 6.36. The van der Waals surface area contributed by atoms with Crippen LogP contribution in [0.2, 0.25) is 0 Å². The molecule has 0 aliphatic rings. The van der Waals surface area contributed by atoms with E-state index in [-0.39, 0.29) is 6.10 Å². The molecular formula is C10H13NO2. The molecule has 0 N–H and O–H groups in total. The molecule has 0 saturated heterocycles. The van der Waals surface area contributed by atoms with Crippen LogP contribution >= 0.6 is 0 Å². The van der Waals surface area contributed by atoms with E-state index in [1.54, 1.807) is 6.26 Å². The van der Waals surface area contributed by atoms with Gasteiger partial charge >= 0.3 is 0 Å². The molecule has 1 unspecified atom stereocenters. The van der Waals surface area contributed by atoms with Crippen molar-refractivity contribution >= 4 is 0 Å². The summed E-state index contributed by atoms with van der Waals surface area (Å²) >= 11 is 0. The number of ether oxygens (including phenoxy) is 1. The third-order valence-corrected chi connectivity index (χ3v) is 1.82. The van der Waals surface area contributed by atoms with Crippen molar-refractivity contribution in [1.29, 1.82) is 5.26 Å². The molecule has 1 rings (SSSR count). The van der Waals surface area contributed by atoms with Crippen molar-refractivity contribution in [3.05, 3.63) is 24.2 Å². The summed E-state index contributed by atoms with van der Waals surface area (Å²) in [6.07, 6.45) is 2.94. The highest BCUT2D eigenvalue weighted by atomic mass is 16.5. The van der Waals surface area contributed by atoms with Crippen molar-refractivity contribution in [2.24, 2.45) is 0 Å². The number of rotatable bonds is 5. The second-order valence-corrected chi connectivity index (χ2v) is 2.78. The van der Waals surface area contributed by atoms with E-state index in [9.17, 15) is 0 Å². The molecule has 0 saturated carbocycles. The molecule has 0 aromatic carbocycles. The first-order valence-electron chi connectivity index (χ1n) is 4.37. The lowest BCUT2D eigenvalue weighted by molar-refractivity contribution is 0.0317. The zero-order valence-electron chi connectivity index (χ0n) is 7.69. The summed E-state index contributed by atoms with van der Waals surface area (Å²) in [7, 11) is 0. The van der Waals surface area contributed by atoms with Crippen molar-refractivity contribution in [1.82, 2.24) is 0 Å². The first kappa shape index (κ1) is 9.82. The molecule has 70 valence electrons. The third-order valence-electron chi connectivity index (χ3n) is 1.82. The smallest absolute Gasteiger partial charge is 0.129 e. The Bertz CT molecular complexity index is 261. The predicted molar refractivity (Wildman–Crippen MR) is 47.8 cm³/mol. The van der Waals surface area contributed by atoms with Gasteiger partial charge in [0, 0.05) is 0 Å². The van der Waals surface area contributed by atoms with Crippen LogP contribution in [0.5, 0.6) is 0 Å². The molecule has 3 heteroatoms. The van der Waals surface area contributed by atoms with Crippen LogP contribution in [0.4, 0.5) is 0 Å². The fraction of sp³-hybridized carbons (Fsp3) is 0.500. The minimum atomic E-state index is 0.0232. The van der Waals surface area contributed by atoms with E-state index in [2.05, 4.69) is 6.07 Å². The lowest BCUT2D eigenvalue weighted by Gasteiger charge is -2.10. The summed E-state index contributed by atoms with van der Waals surface area (Å²) in [6.45, 7) is 2.46. The summed E-state index contributed by atoms with van der Waals surface area (Å²) in [5, 5.41) is 8.47. The minimum Gasteiger partial charge on any atom is -0.467 e. The Labute approximate surface area is 77.9 Å². The Hall–Kier alpha value is -1.27. The second kappa shape index (κ2) is 5.39. The van der Waals surface area contributed by atoms with Crippen LogP contribution in [-0.4, -0.2) is 6.10 Å². The quantitative estimate of drug-likeness (QED) is 0.697. The molecule has 0 aliphatic carbocycles. The average Bonchev–Trinajstić information content (AvgIpc) is 2.64. The molecular weight excluding hydrogens is 166 g/mol. The SMILES string of the molecule is CCC(CC#N)OCc1ccco1. The second-order valence-electron chi connectivity index (χ2n) is 2.78. The first-order valence-corrected chi connectivity index (χ1v) is 4.37. The number of furan rings is 1. The molecule has 13 heavy (non-hydrogen) atoms. The van der Waals surface area contributed by atoms with Crippen LogP contribution in [0.1, 0.15) is 25.5 Å². The van der Waals surface area contributed by atoms with Crippen LogP contribution in [-0.2, 0) is 11.3 Å². The highest BCUT2D eigenvalue weighted by Crippen LogP contribution is 2.08. The normalized spacial score (nSPS) is 12.3. The maximum Gasteiger partial charge on any atom is 0.129 e. The largest absolute Gasteiger partial charge is 0.467 e. The van der Waals surface area contributed by atoms with Gasteiger partial charge in [0.15, 0.2) is 0 Å². The van der Waals surface area contributed by atoms with Crippen LogP contribution in [0.25, 0.3) is 0 Å². The van der Waals surface area contributed by atoms with Crippen LogP contribution in [0, 0.1) is 11.3 Å². The Balaban J connectivity index is 2.28. The zero-order valence-corrected chi connectivity index (χ0v) is 7.69. The maximum absolute atomic E-state index is 8.47. The lowest BCUT2D eigenvalue weighted by Crippen LogP contribution is -2.10. The molecule has 1 aromatic rings. The number of hydrogen-bond acceptors (Lipinski definition) is 3. The molecule has 1 atom stereocenters. The highest BCUT2D eigenvalue weighted by molar-refractivity contribution is 4.96. The number of nitrogens with zero attached hydrogens (tertiary/aromatic N) is 1. The molecule has 0 aliphatic heterocycles. The topological polar surface area (TPSA) is 46.2 Å². The lowest BCUT2D eigenvalue weighted by atomic mass is 10.2. The van der Waals surface area contributed by atoms with Gasteiger partial charge in [-0.25, -0.2) is 0 Å². The molecule has 0 fully saturated rings. The van der Waals surface area contributed by atoms with Crippen molar-refractivity contribution in [3.63, 3.8) is 0 Å². The van der Waals surface area contributed by atoms with Gasteiger partial charge in [0.25, 0.3) is 0 Å². The Morgan fingerprint density at radius 1 is 1.69 bits per heavy atom. The van der Waals surface area contributed by atoms with Gasteiger partial charge in [0.2, 0.25) is 0 Å². The van der Waals surface area contributed by atoms with Crippen molar-refractivity contribution in [2.45, 2.75) is 32.5 Å². The van der Waals surface area contributed by atoms with E-state index < -0.39 is 0 Å². The van der Waals surface area contributed by atoms with Crippen molar-refractivity contribution in [2.75, 3.05) is 0 Å². The molecule has 0 spiro atoms. The van der Waals surface area contributed by atoms with Gasteiger partial charge < -0.3 is 9.15 Å². The zero-order chi connectivity index (χ0) is 9.52. The van der Waals surface area contributed by atoms with E-state index in [0.717, 1.165) is 12.2 Å². The standard InChI is InChI=1S/C10H13NO2/c1-2-9(5-6-11)13-8-10-4-3-7-12-10/h3-4,7,9H,2,5,8H2,1H3. The van der Waals surface area contributed by atoms with Gasteiger partial charge in [-0.3, -0.25) is 0 Å². The van der Waals surface area contributed by atoms with E-state index in [4.69, 9.17) is 14.4 Å². The molecule has 1 aromatic heterocycles. The van der Waals surface area contributed by atoms with Crippen molar-refractivity contribution < 1.29 is 9.15 Å². The monoisotopic (exact) mass is 179 g/mol. The predicted octanol–water partition coefficient (Wildman–Crippen LogP) is 2.49. The number of nitriles is 1. The molecule has 3 nitrogen and oxygen atoms in total. The summed E-state index contributed by atoms with van der Waals surface area (Å²) in [5.41, 5.74) is 0.